The van der Waals surface area contributed by atoms with Crippen LogP contribution in [0.5, 0.6) is 5.75 Å². The lowest BCUT2D eigenvalue weighted by atomic mass is 9.72. The van der Waals surface area contributed by atoms with E-state index in [9.17, 15) is 4.79 Å². The van der Waals surface area contributed by atoms with Gasteiger partial charge < -0.3 is 24.1 Å². The van der Waals surface area contributed by atoms with Crippen molar-refractivity contribution in [2.24, 2.45) is 11.8 Å². The van der Waals surface area contributed by atoms with Gasteiger partial charge in [0.15, 0.2) is 0 Å². The first-order valence-electron chi connectivity index (χ1n) is 10.1. The van der Waals surface area contributed by atoms with Crippen molar-refractivity contribution in [3.8, 4) is 5.75 Å². The fourth-order valence-corrected chi connectivity index (χ4v) is 5.55. The van der Waals surface area contributed by atoms with Crippen molar-refractivity contribution in [3.05, 3.63) is 41.3 Å². The van der Waals surface area contributed by atoms with Crippen LogP contribution in [0.4, 0.5) is 0 Å². The molecular weight excluding hydrogens is 356 g/mol. The van der Waals surface area contributed by atoms with E-state index < -0.39 is 0 Å². The van der Waals surface area contributed by atoms with Crippen LogP contribution in [0.25, 0.3) is 10.9 Å². The highest BCUT2D eigenvalue weighted by molar-refractivity contribution is 5.89. The maximum absolute atomic E-state index is 12.3. The second-order valence-corrected chi connectivity index (χ2v) is 8.26. The molecule has 2 N–H and O–H groups in total. The number of benzene rings is 1. The van der Waals surface area contributed by atoms with Crippen molar-refractivity contribution in [1.29, 1.82) is 0 Å². The summed E-state index contributed by atoms with van der Waals surface area (Å²) in [6.07, 6.45) is 3.77. The zero-order valence-electron chi connectivity index (χ0n) is 16.6. The molecule has 1 saturated heterocycles. The lowest BCUT2D eigenvalue weighted by molar-refractivity contribution is -0.944. The molecule has 6 nitrogen and oxygen atoms in total. The van der Waals surface area contributed by atoms with Gasteiger partial charge in [0.2, 0.25) is 0 Å². The number of piperidine rings is 1. The second kappa shape index (κ2) is 6.55. The maximum Gasteiger partial charge on any atom is 0.337 e. The number of quaternary nitrogens is 1. The molecule has 0 radical (unpaired) electrons. The lowest BCUT2D eigenvalue weighted by Gasteiger charge is -2.46. The summed E-state index contributed by atoms with van der Waals surface area (Å²) in [5.41, 5.74) is 4.58. The Labute approximate surface area is 168 Å². The third-order valence-corrected chi connectivity index (χ3v) is 7.02. The summed E-state index contributed by atoms with van der Waals surface area (Å²) in [4.78, 5) is 17.6. The molecule has 5 rings (SSSR count). The molecule has 1 aromatic carbocycles. The zero-order chi connectivity index (χ0) is 19.4. The summed E-state index contributed by atoms with van der Waals surface area (Å²) in [5.74, 6) is 1.13. The average Bonchev–Trinajstić information content (AvgIpc) is 3.10. The van der Waals surface area contributed by atoms with Gasteiger partial charge in [0.25, 0.3) is 0 Å². The third kappa shape index (κ3) is 2.54. The molecule has 4 unspecified atom stereocenters. The summed E-state index contributed by atoms with van der Waals surface area (Å²) in [6.45, 7) is 4.25. The van der Waals surface area contributed by atoms with Crippen molar-refractivity contribution >= 4 is 16.9 Å². The number of rotatable bonds is 2. The van der Waals surface area contributed by atoms with Gasteiger partial charge in [-0.3, -0.25) is 0 Å². The fraction of sp³-hybridized carbons (Fsp3) is 0.500. The Morgan fingerprint density at radius 3 is 3.00 bits per heavy atom. The van der Waals surface area contributed by atoms with Crippen molar-refractivity contribution in [2.45, 2.75) is 31.9 Å². The van der Waals surface area contributed by atoms with Crippen molar-refractivity contribution in [1.82, 2.24) is 4.98 Å². The standard InChI is InChI=1S/C22H26N2O4.3H2/c1-12-17-10-24-7-6-15-14-5-4-13(26-2)8-19(14)23-21(15)20(24)9-16(17)18(11-28-12)22(25)27-3;;;/h4-5,8,11-12,16-17,20,23H,6-7,9-10H2,1-3H3;3*1H/p+1/t12-,16?,17?,20?;;;/m1.../s1. The van der Waals surface area contributed by atoms with Crippen LogP contribution < -0.4 is 9.64 Å². The Morgan fingerprint density at radius 2 is 2.21 bits per heavy atom. The van der Waals surface area contributed by atoms with E-state index >= 15 is 0 Å². The zero-order valence-corrected chi connectivity index (χ0v) is 16.6. The summed E-state index contributed by atoms with van der Waals surface area (Å²) < 4.78 is 16.2. The molecular formula is C22H33N2O4+. The smallest absolute Gasteiger partial charge is 0.337 e. The molecule has 2 aromatic rings. The number of esters is 1. The molecule has 6 heteroatoms. The van der Waals surface area contributed by atoms with Gasteiger partial charge in [0.05, 0.1) is 50.8 Å². The van der Waals surface area contributed by atoms with Crippen molar-refractivity contribution < 1.29 is 28.2 Å². The van der Waals surface area contributed by atoms with E-state index in [2.05, 4.69) is 24.0 Å². The molecule has 0 bridgehead atoms. The third-order valence-electron chi connectivity index (χ3n) is 7.02. The van der Waals surface area contributed by atoms with Gasteiger partial charge in [-0.2, -0.15) is 0 Å². The first-order valence-corrected chi connectivity index (χ1v) is 10.1. The predicted octanol–water partition coefficient (Wildman–Crippen LogP) is 2.51. The number of ether oxygens (including phenoxy) is 3. The van der Waals surface area contributed by atoms with Gasteiger partial charge >= 0.3 is 5.97 Å². The minimum atomic E-state index is -0.261. The molecule has 0 saturated carbocycles. The Morgan fingerprint density at radius 1 is 1.36 bits per heavy atom. The SMILES string of the molecule is COC(=O)C1=CO[C@H](C)C2C[NH+]3CCc4c([nH]c5cc(OC)ccc45)C3CC12.[HH].[HH].[HH]. The lowest BCUT2D eigenvalue weighted by Crippen LogP contribution is -3.15. The number of hydrogen-bond donors (Lipinski definition) is 2. The van der Waals surface area contributed by atoms with Crippen LogP contribution in [0, 0.1) is 11.8 Å². The molecule has 28 heavy (non-hydrogen) atoms. The Kier molecular flexibility index (Phi) is 4.12. The van der Waals surface area contributed by atoms with E-state index in [4.69, 9.17) is 14.2 Å². The number of fused-ring (bicyclic) bond motifs is 6. The minimum absolute atomic E-state index is 0. The number of aromatic amines is 1. The Bertz CT molecular complexity index is 977. The second-order valence-electron chi connectivity index (χ2n) is 8.26. The van der Waals surface area contributed by atoms with Crippen LogP contribution in [0.2, 0.25) is 0 Å². The minimum Gasteiger partial charge on any atom is -0.497 e. The first-order chi connectivity index (χ1) is 13.6. The molecule has 1 aromatic heterocycles. The van der Waals surface area contributed by atoms with E-state index in [0.717, 1.165) is 37.2 Å². The number of methoxy groups -OCH3 is 2. The highest BCUT2D eigenvalue weighted by atomic mass is 16.5. The average molecular weight is 390 g/mol. The topological polar surface area (TPSA) is 65.0 Å². The van der Waals surface area contributed by atoms with E-state index in [1.54, 1.807) is 18.3 Å². The highest BCUT2D eigenvalue weighted by Crippen LogP contribution is 2.41. The monoisotopic (exact) mass is 389 g/mol. The van der Waals surface area contributed by atoms with Gasteiger partial charge in [-0.05, 0) is 24.6 Å². The van der Waals surface area contributed by atoms with Gasteiger partial charge in [-0.25, -0.2) is 4.79 Å². The predicted molar refractivity (Wildman–Crippen MR) is 111 cm³/mol. The van der Waals surface area contributed by atoms with Gasteiger partial charge in [-0.1, -0.05) is 0 Å². The summed E-state index contributed by atoms with van der Waals surface area (Å²) in [5, 5.41) is 1.29. The van der Waals surface area contributed by atoms with Crippen LogP contribution in [0.1, 0.15) is 34.9 Å². The Hall–Kier alpha value is -2.47. The van der Waals surface area contributed by atoms with Crippen molar-refractivity contribution in [2.75, 3.05) is 27.3 Å². The molecule has 3 aliphatic rings. The molecule has 0 spiro atoms. The molecule has 1 fully saturated rings. The number of carbonyl (C=O) groups excluding carboxylic acids is 1. The van der Waals surface area contributed by atoms with Gasteiger partial charge in [0.1, 0.15) is 17.9 Å². The first kappa shape index (κ1) is 17.6. The largest absolute Gasteiger partial charge is 0.497 e. The van der Waals surface area contributed by atoms with Crippen LogP contribution in [-0.4, -0.2) is 44.4 Å². The molecule has 0 aliphatic carbocycles. The molecule has 0 amide bonds. The van der Waals surface area contributed by atoms with E-state index in [1.807, 2.05) is 6.07 Å². The van der Waals surface area contributed by atoms with Crippen molar-refractivity contribution in [3.63, 3.8) is 0 Å². The molecule has 3 aliphatic heterocycles. The van der Waals surface area contributed by atoms with Crippen LogP contribution in [0.3, 0.4) is 0 Å². The van der Waals surface area contributed by atoms with E-state index in [0.29, 0.717) is 17.5 Å². The molecule has 5 atom stereocenters. The van der Waals surface area contributed by atoms with Gasteiger partial charge in [-0.15, -0.1) is 0 Å². The normalized spacial score (nSPS) is 31.1. The molecule has 154 valence electrons. The number of nitrogens with one attached hydrogen (secondary N) is 2. The number of aromatic nitrogens is 1. The number of hydrogen-bond acceptors (Lipinski definition) is 4. The Balaban J connectivity index is 0.00000114. The fourth-order valence-electron chi connectivity index (χ4n) is 5.55. The maximum atomic E-state index is 12.3. The number of carbonyl (C=O) groups is 1. The summed E-state index contributed by atoms with van der Waals surface area (Å²) in [6, 6.07) is 6.64. The van der Waals surface area contributed by atoms with Crippen LogP contribution >= 0.6 is 0 Å². The highest BCUT2D eigenvalue weighted by Gasteiger charge is 2.49. The van der Waals surface area contributed by atoms with E-state index in [-0.39, 0.29) is 22.3 Å². The van der Waals surface area contributed by atoms with Crippen LogP contribution in [-0.2, 0) is 20.7 Å². The summed E-state index contributed by atoms with van der Waals surface area (Å²) in [7, 11) is 3.14. The molecule has 4 heterocycles. The van der Waals surface area contributed by atoms with Gasteiger partial charge in [0, 0.05) is 40.0 Å². The van der Waals surface area contributed by atoms with E-state index in [1.165, 1.54) is 23.8 Å². The number of H-pyrrole nitrogens is 1. The summed E-state index contributed by atoms with van der Waals surface area (Å²) >= 11 is 0. The quantitative estimate of drug-likeness (QED) is 0.775. The van der Waals surface area contributed by atoms with Crippen LogP contribution in [0.15, 0.2) is 30.0 Å².